The van der Waals surface area contributed by atoms with Gasteiger partial charge in [-0.3, -0.25) is 0 Å². The number of anilines is 1. The number of nitrogens with zero attached hydrogens (tertiary/aromatic N) is 2. The zero-order chi connectivity index (χ0) is 18.6. The van der Waals surface area contributed by atoms with E-state index in [4.69, 9.17) is 0 Å². The molecule has 0 spiro atoms. The fraction of sp³-hybridized carbons (Fsp3) is 0.240. The van der Waals surface area contributed by atoms with Gasteiger partial charge >= 0.3 is 0 Å². The van der Waals surface area contributed by atoms with Crippen LogP contribution in [-0.4, -0.2) is 12.6 Å². The molecule has 1 aromatic heterocycles. The van der Waals surface area contributed by atoms with Crippen LogP contribution in [0.2, 0.25) is 0 Å². The van der Waals surface area contributed by atoms with Crippen molar-refractivity contribution in [2.24, 2.45) is 0 Å². The van der Waals surface area contributed by atoms with Crippen LogP contribution in [0.3, 0.4) is 0 Å². The van der Waals surface area contributed by atoms with E-state index in [1.165, 1.54) is 27.8 Å². The Morgan fingerprint density at radius 1 is 0.964 bits per heavy atom. The molecule has 1 atom stereocenters. The largest absolute Gasteiger partial charge is 1.00 e. The highest BCUT2D eigenvalue weighted by atomic mass is 127. The standard InChI is InChI=1S/C25H27N2.HI/c1-3-26-22(18-16-20-10-5-7-14-24(20)26)12-9-13-23-19-17-21-11-6-8-15-25(21)27(23)4-2;/h5-12,14-19,23H,3-4,13H2,1-2H3;1H/q+1;/p-1/b12-9+;. The molecule has 2 nitrogen and oxygen atoms in total. The fourth-order valence-corrected chi connectivity index (χ4v) is 4.10. The van der Waals surface area contributed by atoms with Crippen LogP contribution in [-0.2, 0) is 6.54 Å². The lowest BCUT2D eigenvalue weighted by Gasteiger charge is -2.34. The highest BCUT2D eigenvalue weighted by Crippen LogP contribution is 2.29. The Balaban J connectivity index is 0.00000225. The maximum absolute atomic E-state index is 2.49. The summed E-state index contributed by atoms with van der Waals surface area (Å²) in [6, 6.07) is 22.1. The molecule has 144 valence electrons. The highest BCUT2D eigenvalue weighted by molar-refractivity contribution is 5.76. The second-order valence-electron chi connectivity index (χ2n) is 6.97. The summed E-state index contributed by atoms with van der Waals surface area (Å²) >= 11 is 0. The van der Waals surface area contributed by atoms with Crippen LogP contribution in [0.5, 0.6) is 0 Å². The molecule has 4 rings (SSSR count). The highest BCUT2D eigenvalue weighted by Gasteiger charge is 2.19. The Morgan fingerprint density at radius 3 is 2.57 bits per heavy atom. The number of pyridine rings is 1. The van der Waals surface area contributed by atoms with Crippen molar-refractivity contribution in [2.45, 2.75) is 32.9 Å². The van der Waals surface area contributed by atoms with Crippen molar-refractivity contribution in [2.75, 3.05) is 11.4 Å². The van der Waals surface area contributed by atoms with Gasteiger partial charge in [-0.1, -0.05) is 48.6 Å². The molecule has 0 aliphatic carbocycles. The number of hydrogen-bond donors (Lipinski definition) is 0. The number of aryl methyl sites for hydroxylation is 1. The molecule has 2 heterocycles. The minimum atomic E-state index is 0. The van der Waals surface area contributed by atoms with Gasteiger partial charge in [0, 0.05) is 35.8 Å². The Bertz CT molecular complexity index is 1010. The molecule has 0 N–H and O–H groups in total. The van der Waals surface area contributed by atoms with E-state index in [1.54, 1.807) is 0 Å². The number of aromatic nitrogens is 1. The van der Waals surface area contributed by atoms with Gasteiger partial charge < -0.3 is 28.9 Å². The lowest BCUT2D eigenvalue weighted by molar-refractivity contribution is -0.669. The third-order valence-electron chi connectivity index (χ3n) is 5.44. The molecule has 1 aliphatic heterocycles. The maximum atomic E-state index is 2.49. The van der Waals surface area contributed by atoms with Gasteiger partial charge in [0.15, 0.2) is 0 Å². The fourth-order valence-electron chi connectivity index (χ4n) is 4.10. The predicted molar refractivity (Wildman–Crippen MR) is 116 cm³/mol. The summed E-state index contributed by atoms with van der Waals surface area (Å²) in [5.74, 6) is 0. The first-order chi connectivity index (χ1) is 13.3. The Labute approximate surface area is 185 Å². The Hall–Kier alpha value is -2.14. The van der Waals surface area contributed by atoms with Gasteiger partial charge in [0.25, 0.3) is 0 Å². The smallest absolute Gasteiger partial charge is 0.212 e. The van der Waals surface area contributed by atoms with Crippen molar-refractivity contribution in [1.82, 2.24) is 0 Å². The van der Waals surface area contributed by atoms with Gasteiger partial charge in [-0.2, -0.15) is 4.57 Å². The first kappa shape index (κ1) is 20.6. The van der Waals surface area contributed by atoms with Gasteiger partial charge in [0.05, 0.1) is 6.04 Å². The van der Waals surface area contributed by atoms with Crippen LogP contribution in [0.1, 0.15) is 31.5 Å². The molecule has 2 aromatic carbocycles. The molecule has 0 amide bonds. The van der Waals surface area contributed by atoms with Crippen LogP contribution in [0.4, 0.5) is 5.69 Å². The van der Waals surface area contributed by atoms with E-state index in [1.807, 2.05) is 0 Å². The van der Waals surface area contributed by atoms with E-state index in [2.05, 4.69) is 108 Å². The summed E-state index contributed by atoms with van der Waals surface area (Å²) in [4.78, 5) is 2.49. The van der Waals surface area contributed by atoms with Crippen LogP contribution in [0.25, 0.3) is 23.1 Å². The summed E-state index contributed by atoms with van der Waals surface area (Å²) in [6.45, 7) is 6.44. The number of benzene rings is 2. The summed E-state index contributed by atoms with van der Waals surface area (Å²) in [5, 5.41) is 1.29. The van der Waals surface area contributed by atoms with Crippen molar-refractivity contribution in [1.29, 1.82) is 0 Å². The van der Waals surface area contributed by atoms with Gasteiger partial charge in [-0.05, 0) is 44.0 Å². The van der Waals surface area contributed by atoms with Crippen LogP contribution >= 0.6 is 0 Å². The zero-order valence-electron chi connectivity index (χ0n) is 16.6. The van der Waals surface area contributed by atoms with Crippen molar-refractivity contribution in [3.8, 4) is 0 Å². The van der Waals surface area contributed by atoms with E-state index in [9.17, 15) is 0 Å². The third kappa shape index (κ3) is 4.00. The SMILES string of the molecule is CCN1c2ccccc2C=CC1C/C=C/c1ccc2ccccc2[n+]1CC.[I-]. The average molecular weight is 482 g/mol. The van der Waals surface area contributed by atoms with Crippen molar-refractivity contribution >= 4 is 28.7 Å². The van der Waals surface area contributed by atoms with Crippen molar-refractivity contribution < 1.29 is 28.5 Å². The van der Waals surface area contributed by atoms with E-state index in [-0.39, 0.29) is 24.0 Å². The lowest BCUT2D eigenvalue weighted by atomic mass is 10.0. The minimum absolute atomic E-state index is 0. The summed E-state index contributed by atoms with van der Waals surface area (Å²) in [5.41, 5.74) is 5.22. The molecule has 3 heteroatoms. The molecule has 1 unspecified atom stereocenters. The second-order valence-corrected chi connectivity index (χ2v) is 6.97. The predicted octanol–water partition coefficient (Wildman–Crippen LogP) is 2.48. The summed E-state index contributed by atoms with van der Waals surface area (Å²) < 4.78 is 2.38. The number of fused-ring (bicyclic) bond motifs is 2. The topological polar surface area (TPSA) is 7.12 Å². The first-order valence-corrected chi connectivity index (χ1v) is 9.93. The molecular formula is C25H27IN2. The monoisotopic (exact) mass is 482 g/mol. The Kier molecular flexibility index (Phi) is 6.89. The molecular weight excluding hydrogens is 455 g/mol. The second kappa shape index (κ2) is 9.37. The molecule has 28 heavy (non-hydrogen) atoms. The number of likely N-dealkylation sites (N-methyl/N-ethyl adjacent to an activating group) is 1. The summed E-state index contributed by atoms with van der Waals surface area (Å²) in [7, 11) is 0. The normalized spacial score (nSPS) is 15.6. The third-order valence-corrected chi connectivity index (χ3v) is 5.44. The molecule has 0 saturated heterocycles. The maximum Gasteiger partial charge on any atom is 0.212 e. The van der Waals surface area contributed by atoms with Crippen molar-refractivity contribution in [3.63, 3.8) is 0 Å². The van der Waals surface area contributed by atoms with Gasteiger partial charge in [0.1, 0.15) is 6.54 Å². The van der Waals surface area contributed by atoms with Gasteiger partial charge in [-0.15, -0.1) is 0 Å². The molecule has 0 radical (unpaired) electrons. The van der Waals surface area contributed by atoms with E-state index < -0.39 is 0 Å². The zero-order valence-corrected chi connectivity index (χ0v) is 18.7. The van der Waals surface area contributed by atoms with Crippen LogP contribution in [0.15, 0.2) is 72.8 Å². The number of hydrogen-bond acceptors (Lipinski definition) is 1. The number of rotatable bonds is 5. The van der Waals surface area contributed by atoms with Crippen molar-refractivity contribution in [3.05, 3.63) is 84.1 Å². The molecule has 0 saturated carbocycles. The van der Waals surface area contributed by atoms with Crippen LogP contribution in [0, 0.1) is 0 Å². The first-order valence-electron chi connectivity index (χ1n) is 9.93. The molecule has 1 aliphatic rings. The lowest BCUT2D eigenvalue weighted by Crippen LogP contribution is -3.00. The van der Waals surface area contributed by atoms with E-state index >= 15 is 0 Å². The van der Waals surface area contributed by atoms with E-state index in [0.29, 0.717) is 6.04 Å². The Morgan fingerprint density at radius 2 is 1.75 bits per heavy atom. The number of halogens is 1. The van der Waals surface area contributed by atoms with Gasteiger partial charge in [-0.25, -0.2) is 0 Å². The van der Waals surface area contributed by atoms with E-state index in [0.717, 1.165) is 19.5 Å². The molecule has 0 bridgehead atoms. The molecule has 0 fully saturated rings. The number of para-hydroxylation sites is 2. The molecule has 3 aromatic rings. The minimum Gasteiger partial charge on any atom is -1.00 e. The summed E-state index contributed by atoms with van der Waals surface area (Å²) in [6.07, 6.45) is 10.2. The van der Waals surface area contributed by atoms with Gasteiger partial charge in [0.2, 0.25) is 11.2 Å². The van der Waals surface area contributed by atoms with Crippen LogP contribution < -0.4 is 33.4 Å². The quantitative estimate of drug-likeness (QED) is 0.401. The average Bonchev–Trinajstić information content (AvgIpc) is 2.73.